The van der Waals surface area contributed by atoms with Gasteiger partial charge >= 0.3 is 0 Å². The summed E-state index contributed by atoms with van der Waals surface area (Å²) in [5, 5.41) is -0.132. The number of nitrogens with two attached hydrogens (primary N) is 1. The Bertz CT molecular complexity index is 563. The molecule has 19 heavy (non-hydrogen) atoms. The minimum Gasteiger partial charge on any atom is -0.326 e. The second-order valence-corrected chi connectivity index (χ2v) is 6.74. The lowest BCUT2D eigenvalue weighted by Gasteiger charge is -2.23. The Balaban J connectivity index is 3.34. The lowest BCUT2D eigenvalue weighted by molar-refractivity contribution is 0.380. The van der Waals surface area contributed by atoms with E-state index in [-0.39, 0.29) is 28.1 Å². The van der Waals surface area contributed by atoms with Crippen molar-refractivity contribution in [3.63, 3.8) is 0 Å². The molecular formula is C12H18ClFN2O2S. The molecule has 0 fully saturated rings. The summed E-state index contributed by atoms with van der Waals surface area (Å²) in [5.41, 5.74) is 5.71. The van der Waals surface area contributed by atoms with Crippen LogP contribution < -0.4 is 5.73 Å². The molecule has 0 heterocycles. The first-order valence-electron chi connectivity index (χ1n) is 5.91. The smallest absolute Gasteiger partial charge is 0.243 e. The van der Waals surface area contributed by atoms with Gasteiger partial charge in [-0.15, -0.1) is 0 Å². The van der Waals surface area contributed by atoms with Gasteiger partial charge < -0.3 is 5.73 Å². The van der Waals surface area contributed by atoms with E-state index in [0.717, 1.165) is 6.07 Å². The quantitative estimate of drug-likeness (QED) is 0.908. The van der Waals surface area contributed by atoms with Crippen LogP contribution >= 0.6 is 11.6 Å². The minimum absolute atomic E-state index is 0.0217. The molecule has 7 heteroatoms. The Labute approximate surface area is 118 Å². The molecule has 1 atom stereocenters. The van der Waals surface area contributed by atoms with E-state index in [2.05, 4.69) is 0 Å². The van der Waals surface area contributed by atoms with Crippen LogP contribution in [0.25, 0.3) is 0 Å². The molecule has 108 valence electrons. The molecule has 0 aliphatic carbocycles. The lowest BCUT2D eigenvalue weighted by atomic mass is 10.2. The molecule has 0 aliphatic heterocycles. The summed E-state index contributed by atoms with van der Waals surface area (Å²) in [6.07, 6.45) is 0.662. The Morgan fingerprint density at radius 3 is 2.53 bits per heavy atom. The predicted octanol–water partition coefficient (Wildman–Crippen LogP) is 2.36. The fourth-order valence-electron chi connectivity index (χ4n) is 1.58. The molecule has 1 rings (SSSR count). The molecular weight excluding hydrogens is 291 g/mol. The summed E-state index contributed by atoms with van der Waals surface area (Å²) in [7, 11) is -2.27. The molecule has 0 aliphatic rings. The number of hydrogen-bond donors (Lipinski definition) is 1. The van der Waals surface area contributed by atoms with Crippen LogP contribution in [0.2, 0.25) is 5.02 Å². The highest BCUT2D eigenvalue weighted by molar-refractivity contribution is 7.89. The van der Waals surface area contributed by atoms with Crippen LogP contribution in [0.5, 0.6) is 0 Å². The maximum atomic E-state index is 13.6. The second kappa shape index (κ2) is 6.17. The van der Waals surface area contributed by atoms with E-state index < -0.39 is 15.8 Å². The fraction of sp³-hybridized carbons (Fsp3) is 0.500. The van der Waals surface area contributed by atoms with Crippen molar-refractivity contribution in [1.82, 2.24) is 4.31 Å². The molecule has 0 radical (unpaired) electrons. The number of hydrogen-bond acceptors (Lipinski definition) is 3. The van der Waals surface area contributed by atoms with Gasteiger partial charge in [0.05, 0.1) is 9.92 Å². The van der Waals surface area contributed by atoms with Crippen molar-refractivity contribution in [2.45, 2.75) is 37.8 Å². The van der Waals surface area contributed by atoms with Gasteiger partial charge in [-0.05, 0) is 31.0 Å². The standard InChI is InChI=1S/C12H18ClFN2O2S/c1-4-8(2)16(3)19(17,18)10-5-9(7-15)12(13)11(14)6-10/h5-6,8H,4,7,15H2,1-3H3. The van der Waals surface area contributed by atoms with Crippen molar-refractivity contribution in [2.75, 3.05) is 7.05 Å². The Kier molecular flexibility index (Phi) is 5.32. The topological polar surface area (TPSA) is 63.4 Å². The zero-order chi connectivity index (χ0) is 14.8. The largest absolute Gasteiger partial charge is 0.326 e. The van der Waals surface area contributed by atoms with Crippen molar-refractivity contribution in [3.8, 4) is 0 Å². The predicted molar refractivity (Wildman–Crippen MR) is 74.0 cm³/mol. The molecule has 0 amide bonds. The van der Waals surface area contributed by atoms with Crippen molar-refractivity contribution in [2.24, 2.45) is 5.73 Å². The normalized spacial score (nSPS) is 13.8. The first-order valence-corrected chi connectivity index (χ1v) is 7.73. The van der Waals surface area contributed by atoms with E-state index in [1.807, 2.05) is 6.92 Å². The summed E-state index contributed by atoms with van der Waals surface area (Å²) in [6.45, 7) is 3.64. The van der Waals surface area contributed by atoms with E-state index >= 15 is 0 Å². The summed E-state index contributed by atoms with van der Waals surface area (Å²) >= 11 is 5.72. The SMILES string of the molecule is CCC(C)N(C)S(=O)(=O)c1cc(F)c(Cl)c(CN)c1. The zero-order valence-electron chi connectivity index (χ0n) is 11.2. The maximum absolute atomic E-state index is 13.6. The van der Waals surface area contributed by atoms with Crippen molar-refractivity contribution in [3.05, 3.63) is 28.5 Å². The molecule has 1 aromatic carbocycles. The van der Waals surface area contributed by atoms with E-state index in [1.54, 1.807) is 6.92 Å². The summed E-state index contributed by atoms with van der Waals surface area (Å²) in [5.74, 6) is -0.777. The molecule has 2 N–H and O–H groups in total. The molecule has 0 saturated carbocycles. The van der Waals surface area contributed by atoms with Gasteiger partial charge in [-0.3, -0.25) is 0 Å². The van der Waals surface area contributed by atoms with Crippen LogP contribution in [-0.2, 0) is 16.6 Å². The minimum atomic E-state index is -3.74. The molecule has 4 nitrogen and oxygen atoms in total. The highest BCUT2D eigenvalue weighted by atomic mass is 35.5. The molecule has 1 unspecified atom stereocenters. The first kappa shape index (κ1) is 16.4. The van der Waals surface area contributed by atoms with Crippen molar-refractivity contribution < 1.29 is 12.8 Å². The molecule has 0 aromatic heterocycles. The van der Waals surface area contributed by atoms with Crippen LogP contribution in [-0.4, -0.2) is 25.8 Å². The molecule has 0 saturated heterocycles. The van der Waals surface area contributed by atoms with Gasteiger partial charge in [0.1, 0.15) is 5.82 Å². The fourth-order valence-corrected chi connectivity index (χ4v) is 3.26. The van der Waals surface area contributed by atoms with Gasteiger partial charge in [0, 0.05) is 19.6 Å². The Morgan fingerprint density at radius 2 is 2.05 bits per heavy atom. The van der Waals surface area contributed by atoms with Gasteiger partial charge in [-0.2, -0.15) is 4.31 Å². The van der Waals surface area contributed by atoms with Crippen LogP contribution in [0.4, 0.5) is 4.39 Å². The van der Waals surface area contributed by atoms with E-state index in [1.165, 1.54) is 17.4 Å². The number of benzene rings is 1. The molecule has 1 aromatic rings. The van der Waals surface area contributed by atoms with Gasteiger partial charge in [0.2, 0.25) is 10.0 Å². The summed E-state index contributed by atoms with van der Waals surface area (Å²) in [4.78, 5) is -0.127. The average Bonchev–Trinajstić information content (AvgIpc) is 2.39. The van der Waals surface area contributed by atoms with E-state index in [4.69, 9.17) is 17.3 Å². The van der Waals surface area contributed by atoms with Crippen molar-refractivity contribution >= 4 is 21.6 Å². The van der Waals surface area contributed by atoms with E-state index in [0.29, 0.717) is 6.42 Å². The Morgan fingerprint density at radius 1 is 1.47 bits per heavy atom. The van der Waals surface area contributed by atoms with Gasteiger partial charge in [-0.25, -0.2) is 12.8 Å². The van der Waals surface area contributed by atoms with Gasteiger partial charge in [-0.1, -0.05) is 18.5 Å². The van der Waals surface area contributed by atoms with E-state index in [9.17, 15) is 12.8 Å². The zero-order valence-corrected chi connectivity index (χ0v) is 12.7. The lowest BCUT2D eigenvalue weighted by Crippen LogP contribution is -2.34. The monoisotopic (exact) mass is 308 g/mol. The maximum Gasteiger partial charge on any atom is 0.243 e. The highest BCUT2D eigenvalue weighted by Gasteiger charge is 2.26. The third-order valence-corrected chi connectivity index (χ3v) is 5.56. The third-order valence-electron chi connectivity index (χ3n) is 3.19. The molecule has 0 bridgehead atoms. The number of sulfonamides is 1. The third kappa shape index (κ3) is 3.25. The summed E-state index contributed by atoms with van der Waals surface area (Å²) < 4.78 is 39.5. The second-order valence-electron chi connectivity index (χ2n) is 4.36. The molecule has 0 spiro atoms. The average molecular weight is 309 g/mol. The Hall–Kier alpha value is -0.690. The van der Waals surface area contributed by atoms with Gasteiger partial charge in [0.15, 0.2) is 0 Å². The number of nitrogens with zero attached hydrogens (tertiary/aromatic N) is 1. The summed E-state index contributed by atoms with van der Waals surface area (Å²) in [6, 6.07) is 2.07. The number of rotatable bonds is 5. The van der Waals surface area contributed by atoms with Crippen LogP contribution in [0.3, 0.4) is 0 Å². The van der Waals surface area contributed by atoms with Crippen LogP contribution in [0.15, 0.2) is 17.0 Å². The number of halogens is 2. The van der Waals surface area contributed by atoms with Gasteiger partial charge in [0.25, 0.3) is 0 Å². The van der Waals surface area contributed by atoms with Crippen LogP contribution in [0.1, 0.15) is 25.8 Å². The van der Waals surface area contributed by atoms with Crippen LogP contribution in [0, 0.1) is 5.82 Å². The van der Waals surface area contributed by atoms with Crippen molar-refractivity contribution in [1.29, 1.82) is 0 Å². The highest BCUT2D eigenvalue weighted by Crippen LogP contribution is 2.26. The first-order chi connectivity index (χ1) is 8.75.